The van der Waals surface area contributed by atoms with Crippen molar-refractivity contribution >= 4 is 5.97 Å². The molecule has 2 atom stereocenters. The van der Waals surface area contributed by atoms with Crippen LogP contribution in [-0.4, -0.2) is 16.2 Å². The van der Waals surface area contributed by atoms with Gasteiger partial charge >= 0.3 is 12.1 Å². The minimum absolute atomic E-state index is 0.284. The van der Waals surface area contributed by atoms with Crippen molar-refractivity contribution in [2.24, 2.45) is 5.92 Å². The number of aliphatic carboxylic acids is 1. The third-order valence-corrected chi connectivity index (χ3v) is 2.67. The number of carboxylic acids is 1. The van der Waals surface area contributed by atoms with Gasteiger partial charge < -0.3 is 10.2 Å². The molecule has 0 heterocycles. The highest BCUT2D eigenvalue weighted by Crippen LogP contribution is 2.37. The van der Waals surface area contributed by atoms with Gasteiger partial charge in [0.05, 0.1) is 18.1 Å². The lowest BCUT2D eigenvalue weighted by atomic mass is 9.91. The third-order valence-electron chi connectivity index (χ3n) is 2.67. The van der Waals surface area contributed by atoms with Crippen LogP contribution in [-0.2, 0) is 11.0 Å². The smallest absolute Gasteiger partial charge is 0.416 e. The molecule has 1 rings (SSSR count). The number of aliphatic hydroxyl groups is 1. The van der Waals surface area contributed by atoms with Gasteiger partial charge in [0.25, 0.3) is 0 Å². The fraction of sp³-hybridized carbons (Fsp3) is 0.417. The second-order valence-corrected chi connectivity index (χ2v) is 4.25. The zero-order chi connectivity index (χ0) is 14.8. The third kappa shape index (κ3) is 3.92. The summed E-state index contributed by atoms with van der Waals surface area (Å²) in [6.45, 7) is 1.31. The van der Waals surface area contributed by atoms with Gasteiger partial charge in [0, 0.05) is 0 Å². The van der Waals surface area contributed by atoms with Crippen LogP contribution in [0.25, 0.3) is 0 Å². The summed E-state index contributed by atoms with van der Waals surface area (Å²) in [5.41, 5.74) is -1.82. The Balaban J connectivity index is 3.16. The highest BCUT2D eigenvalue weighted by molar-refractivity contribution is 5.67. The Kier molecular flexibility index (Phi) is 4.52. The summed E-state index contributed by atoms with van der Waals surface area (Å²) in [7, 11) is 0. The molecule has 0 bridgehead atoms. The highest BCUT2D eigenvalue weighted by Gasteiger charge is 2.36. The first-order chi connectivity index (χ1) is 8.62. The number of hydrogen-bond acceptors (Lipinski definition) is 2. The van der Waals surface area contributed by atoms with Crippen molar-refractivity contribution in [3.8, 4) is 0 Å². The van der Waals surface area contributed by atoms with Crippen molar-refractivity contribution in [1.29, 1.82) is 0 Å². The van der Waals surface area contributed by atoms with E-state index in [1.54, 1.807) is 0 Å². The molecule has 1 aromatic carbocycles. The number of halogens is 4. The highest BCUT2D eigenvalue weighted by atomic mass is 19.4. The first kappa shape index (κ1) is 15.4. The molecule has 0 spiro atoms. The second-order valence-electron chi connectivity index (χ2n) is 4.25. The quantitative estimate of drug-likeness (QED) is 0.834. The zero-order valence-electron chi connectivity index (χ0n) is 9.91. The van der Waals surface area contributed by atoms with Crippen LogP contribution in [0, 0.1) is 11.7 Å². The summed E-state index contributed by atoms with van der Waals surface area (Å²) in [5.74, 6) is -3.24. The van der Waals surface area contributed by atoms with Crippen LogP contribution in [0.2, 0.25) is 0 Å². The van der Waals surface area contributed by atoms with Crippen molar-refractivity contribution < 1.29 is 32.6 Å². The molecule has 0 aliphatic heterocycles. The number of alkyl halides is 3. The van der Waals surface area contributed by atoms with E-state index >= 15 is 0 Å². The lowest BCUT2D eigenvalue weighted by Crippen LogP contribution is -2.18. The molecule has 2 unspecified atom stereocenters. The maximum atomic E-state index is 12.9. The number of rotatable bonds is 4. The molecule has 19 heavy (non-hydrogen) atoms. The maximum absolute atomic E-state index is 12.9. The monoisotopic (exact) mass is 280 g/mol. The predicted octanol–water partition coefficient (Wildman–Crippen LogP) is 2.99. The Morgan fingerprint density at radius 1 is 1.37 bits per heavy atom. The van der Waals surface area contributed by atoms with Gasteiger partial charge in [0.1, 0.15) is 5.82 Å². The van der Waals surface area contributed by atoms with Crippen molar-refractivity contribution in [3.63, 3.8) is 0 Å². The summed E-state index contributed by atoms with van der Waals surface area (Å²) in [4.78, 5) is 10.5. The number of aliphatic hydroxyl groups excluding tert-OH is 1. The molecule has 0 radical (unpaired) electrons. The lowest BCUT2D eigenvalue weighted by Gasteiger charge is -2.21. The minimum Gasteiger partial charge on any atom is -0.481 e. The molecule has 0 fully saturated rings. The van der Waals surface area contributed by atoms with Gasteiger partial charge in [-0.2, -0.15) is 13.2 Å². The number of hydrogen-bond donors (Lipinski definition) is 2. The summed E-state index contributed by atoms with van der Waals surface area (Å²) in [6.07, 6.45) is -6.94. The summed E-state index contributed by atoms with van der Waals surface area (Å²) in [5, 5.41) is 18.3. The Morgan fingerprint density at radius 2 is 1.95 bits per heavy atom. The van der Waals surface area contributed by atoms with Gasteiger partial charge in [-0.05, 0) is 23.6 Å². The first-order valence-electron chi connectivity index (χ1n) is 5.39. The van der Waals surface area contributed by atoms with Crippen molar-refractivity contribution in [1.82, 2.24) is 0 Å². The molecule has 0 aliphatic carbocycles. The number of carboxylic acid groups (broad SMARTS) is 1. The van der Waals surface area contributed by atoms with E-state index in [2.05, 4.69) is 0 Å². The van der Waals surface area contributed by atoms with Crippen LogP contribution >= 0.6 is 0 Å². The SMILES string of the molecule is CC(CC(=O)O)C(O)c1ccc(F)cc1C(F)(F)F. The van der Waals surface area contributed by atoms with Gasteiger partial charge in [0.2, 0.25) is 0 Å². The average molecular weight is 280 g/mol. The fourth-order valence-corrected chi connectivity index (χ4v) is 1.73. The standard InChI is InChI=1S/C12H12F4O3/c1-6(4-10(17)18)11(19)8-3-2-7(13)5-9(8)12(14,15)16/h2-3,5-6,11,19H,4H2,1H3,(H,17,18). The second kappa shape index (κ2) is 5.56. The Bertz CT molecular complexity index is 471. The molecule has 0 amide bonds. The van der Waals surface area contributed by atoms with Gasteiger partial charge in [-0.25, -0.2) is 4.39 Å². The Morgan fingerprint density at radius 3 is 2.42 bits per heavy atom. The number of carbonyl (C=O) groups is 1. The molecule has 106 valence electrons. The normalized spacial score (nSPS) is 15.1. The topological polar surface area (TPSA) is 57.5 Å². The summed E-state index contributed by atoms with van der Waals surface area (Å²) < 4.78 is 51.0. The molecule has 3 nitrogen and oxygen atoms in total. The zero-order valence-corrected chi connectivity index (χ0v) is 9.91. The molecule has 7 heteroatoms. The Hall–Kier alpha value is -1.63. The summed E-state index contributed by atoms with van der Waals surface area (Å²) >= 11 is 0. The van der Waals surface area contributed by atoms with E-state index in [4.69, 9.17) is 5.11 Å². The van der Waals surface area contributed by atoms with E-state index in [1.165, 1.54) is 6.92 Å². The molecule has 0 saturated carbocycles. The van der Waals surface area contributed by atoms with Gasteiger partial charge in [-0.1, -0.05) is 13.0 Å². The molecular weight excluding hydrogens is 268 g/mol. The fourth-order valence-electron chi connectivity index (χ4n) is 1.73. The summed E-state index contributed by atoms with van der Waals surface area (Å²) in [6, 6.07) is 1.90. The van der Waals surface area contributed by atoms with Crippen LogP contribution in [0.3, 0.4) is 0 Å². The predicted molar refractivity (Wildman–Crippen MR) is 57.8 cm³/mol. The average Bonchev–Trinajstić information content (AvgIpc) is 2.25. The van der Waals surface area contributed by atoms with Crippen LogP contribution in [0.15, 0.2) is 18.2 Å². The maximum Gasteiger partial charge on any atom is 0.416 e. The largest absolute Gasteiger partial charge is 0.481 e. The van der Waals surface area contributed by atoms with Gasteiger partial charge in [-0.3, -0.25) is 4.79 Å². The van der Waals surface area contributed by atoms with Gasteiger partial charge in [-0.15, -0.1) is 0 Å². The van der Waals surface area contributed by atoms with E-state index in [9.17, 15) is 27.5 Å². The van der Waals surface area contributed by atoms with Crippen molar-refractivity contribution in [2.75, 3.05) is 0 Å². The molecule has 1 aromatic rings. The van der Waals surface area contributed by atoms with Crippen LogP contribution in [0.4, 0.5) is 17.6 Å². The van der Waals surface area contributed by atoms with E-state index in [-0.39, 0.29) is 6.07 Å². The first-order valence-corrected chi connectivity index (χ1v) is 5.39. The van der Waals surface area contributed by atoms with Crippen LogP contribution < -0.4 is 0 Å². The number of benzene rings is 1. The minimum atomic E-state index is -4.82. The van der Waals surface area contributed by atoms with E-state index in [1.807, 2.05) is 0 Å². The molecule has 2 N–H and O–H groups in total. The Labute approximate surface area is 106 Å². The van der Waals surface area contributed by atoms with Crippen molar-refractivity contribution in [2.45, 2.75) is 25.6 Å². The lowest BCUT2D eigenvalue weighted by molar-refractivity contribution is -0.140. The molecule has 0 aromatic heterocycles. The van der Waals surface area contributed by atoms with Crippen LogP contribution in [0.5, 0.6) is 0 Å². The molecule has 0 saturated heterocycles. The molecule has 0 aliphatic rings. The van der Waals surface area contributed by atoms with E-state index in [0.29, 0.717) is 0 Å². The van der Waals surface area contributed by atoms with Crippen molar-refractivity contribution in [3.05, 3.63) is 35.1 Å². The van der Waals surface area contributed by atoms with Gasteiger partial charge in [0.15, 0.2) is 0 Å². The van der Waals surface area contributed by atoms with Crippen LogP contribution in [0.1, 0.15) is 30.6 Å². The van der Waals surface area contributed by atoms with E-state index < -0.39 is 47.5 Å². The molecular formula is C12H12F4O3. The van der Waals surface area contributed by atoms with E-state index in [0.717, 1.165) is 12.1 Å².